The molecule has 1 N–H and O–H groups in total. The Hall–Kier alpha value is -1.65. The second kappa shape index (κ2) is 4.69. The minimum Gasteiger partial charge on any atom is -0.481 e. The van der Waals surface area contributed by atoms with Crippen LogP contribution in [0.1, 0.15) is 26.2 Å². The zero-order valence-corrected chi connectivity index (χ0v) is 9.96. The first-order valence-corrected chi connectivity index (χ1v) is 5.92. The van der Waals surface area contributed by atoms with E-state index in [0.29, 0.717) is 13.0 Å². The monoisotopic (exact) mass is 235 g/mol. The zero-order chi connectivity index (χ0) is 12.3. The van der Waals surface area contributed by atoms with Crippen molar-refractivity contribution in [2.24, 2.45) is 5.41 Å². The summed E-state index contributed by atoms with van der Waals surface area (Å²) in [4.78, 5) is 21.5. The molecule has 1 aromatic heterocycles. The molecule has 5 nitrogen and oxygen atoms in total. The summed E-state index contributed by atoms with van der Waals surface area (Å²) >= 11 is 0. The van der Waals surface area contributed by atoms with E-state index in [1.165, 1.54) is 6.33 Å². The summed E-state index contributed by atoms with van der Waals surface area (Å²) in [5, 5.41) is 9.40. The lowest BCUT2D eigenvalue weighted by Crippen LogP contribution is -2.34. The first kappa shape index (κ1) is 11.8. The molecular weight excluding hydrogens is 218 g/mol. The summed E-state index contributed by atoms with van der Waals surface area (Å²) < 4.78 is 0. The quantitative estimate of drug-likeness (QED) is 0.857. The van der Waals surface area contributed by atoms with Gasteiger partial charge in [0.25, 0.3) is 0 Å². The summed E-state index contributed by atoms with van der Waals surface area (Å²) in [6.07, 6.45) is 5.49. The van der Waals surface area contributed by atoms with E-state index >= 15 is 0 Å². The molecule has 2 rings (SSSR count). The van der Waals surface area contributed by atoms with E-state index < -0.39 is 11.4 Å². The van der Waals surface area contributed by atoms with Gasteiger partial charge < -0.3 is 10.0 Å². The van der Waals surface area contributed by atoms with Crippen LogP contribution in [0.4, 0.5) is 5.82 Å². The molecule has 0 amide bonds. The number of hydrogen-bond donors (Lipinski definition) is 1. The highest BCUT2D eigenvalue weighted by Crippen LogP contribution is 2.37. The lowest BCUT2D eigenvalue weighted by molar-refractivity contribution is -0.148. The van der Waals surface area contributed by atoms with Gasteiger partial charge in [-0.05, 0) is 18.9 Å². The van der Waals surface area contributed by atoms with Gasteiger partial charge in [-0.15, -0.1) is 0 Å². The van der Waals surface area contributed by atoms with Crippen molar-refractivity contribution in [2.45, 2.75) is 26.2 Å². The first-order valence-electron chi connectivity index (χ1n) is 5.92. The molecule has 0 spiro atoms. The van der Waals surface area contributed by atoms with Gasteiger partial charge in [-0.1, -0.05) is 13.3 Å². The molecule has 1 unspecified atom stereocenters. The Labute approximate surface area is 100 Å². The van der Waals surface area contributed by atoms with Gasteiger partial charge in [0.2, 0.25) is 0 Å². The molecular formula is C12H17N3O2. The smallest absolute Gasteiger partial charge is 0.311 e. The van der Waals surface area contributed by atoms with Crippen molar-refractivity contribution in [2.75, 3.05) is 18.0 Å². The van der Waals surface area contributed by atoms with Crippen molar-refractivity contribution in [1.29, 1.82) is 0 Å². The number of anilines is 1. The molecule has 0 aromatic carbocycles. The fourth-order valence-corrected chi connectivity index (χ4v) is 2.50. The van der Waals surface area contributed by atoms with Crippen molar-refractivity contribution in [3.8, 4) is 0 Å². The van der Waals surface area contributed by atoms with Gasteiger partial charge in [0.05, 0.1) is 5.41 Å². The van der Waals surface area contributed by atoms with Gasteiger partial charge in [-0.2, -0.15) is 0 Å². The molecule has 1 aromatic rings. The minimum atomic E-state index is -0.684. The second-order valence-electron chi connectivity index (χ2n) is 4.57. The van der Waals surface area contributed by atoms with Gasteiger partial charge in [-0.3, -0.25) is 4.79 Å². The van der Waals surface area contributed by atoms with Gasteiger partial charge in [0.1, 0.15) is 12.1 Å². The molecule has 2 heterocycles. The van der Waals surface area contributed by atoms with E-state index in [2.05, 4.69) is 9.97 Å². The Morgan fingerprint density at radius 3 is 3.06 bits per heavy atom. The van der Waals surface area contributed by atoms with Crippen LogP contribution in [0.25, 0.3) is 0 Å². The van der Waals surface area contributed by atoms with Crippen molar-refractivity contribution < 1.29 is 9.90 Å². The zero-order valence-electron chi connectivity index (χ0n) is 9.96. The number of rotatable bonds is 4. The predicted octanol–water partition coefficient (Wildman–Crippen LogP) is 1.56. The second-order valence-corrected chi connectivity index (χ2v) is 4.57. The van der Waals surface area contributed by atoms with E-state index in [1.807, 2.05) is 17.9 Å². The maximum atomic E-state index is 11.4. The van der Waals surface area contributed by atoms with Crippen LogP contribution in [0.15, 0.2) is 18.6 Å². The molecule has 1 aliphatic heterocycles. The molecule has 0 bridgehead atoms. The van der Waals surface area contributed by atoms with Crippen LogP contribution in [0.3, 0.4) is 0 Å². The van der Waals surface area contributed by atoms with Crippen molar-refractivity contribution >= 4 is 11.8 Å². The molecule has 1 atom stereocenters. The first-order chi connectivity index (χ1) is 8.18. The van der Waals surface area contributed by atoms with Gasteiger partial charge in [-0.25, -0.2) is 9.97 Å². The van der Waals surface area contributed by atoms with Crippen LogP contribution in [0.5, 0.6) is 0 Å². The Bertz CT molecular complexity index is 396. The minimum absolute atomic E-state index is 0.549. The normalized spacial score (nSPS) is 23.9. The molecule has 0 aliphatic carbocycles. The fraction of sp³-hybridized carbons (Fsp3) is 0.583. The number of aliphatic carboxylic acids is 1. The summed E-state index contributed by atoms with van der Waals surface area (Å²) in [5.74, 6) is 0.134. The van der Waals surface area contributed by atoms with Crippen LogP contribution in [-0.2, 0) is 4.79 Å². The molecule has 1 fully saturated rings. The van der Waals surface area contributed by atoms with E-state index in [9.17, 15) is 9.90 Å². The molecule has 5 heteroatoms. The number of aromatic nitrogens is 2. The predicted molar refractivity (Wildman–Crippen MR) is 63.8 cm³/mol. The SMILES string of the molecule is CCCC1(C(=O)O)CCN(c2ccncn2)C1. The molecule has 17 heavy (non-hydrogen) atoms. The number of carbonyl (C=O) groups is 1. The van der Waals surface area contributed by atoms with E-state index in [1.54, 1.807) is 6.20 Å². The Kier molecular flexibility index (Phi) is 3.26. The Balaban J connectivity index is 2.15. The van der Waals surface area contributed by atoms with Crippen LogP contribution >= 0.6 is 0 Å². The maximum absolute atomic E-state index is 11.4. The fourth-order valence-electron chi connectivity index (χ4n) is 2.50. The lowest BCUT2D eigenvalue weighted by atomic mass is 9.83. The standard InChI is InChI=1S/C12H17N3O2/c1-2-4-12(11(16)17)5-7-15(8-12)10-3-6-13-9-14-10/h3,6,9H,2,4-5,7-8H2,1H3,(H,16,17). The molecule has 1 aliphatic rings. The van der Waals surface area contributed by atoms with Gasteiger partial charge >= 0.3 is 5.97 Å². The number of nitrogens with zero attached hydrogens (tertiary/aromatic N) is 3. The Morgan fingerprint density at radius 1 is 1.65 bits per heavy atom. The third kappa shape index (κ3) is 2.23. The van der Waals surface area contributed by atoms with E-state index in [4.69, 9.17) is 0 Å². The maximum Gasteiger partial charge on any atom is 0.311 e. The number of carboxylic acids is 1. The molecule has 1 saturated heterocycles. The van der Waals surface area contributed by atoms with Crippen molar-refractivity contribution in [1.82, 2.24) is 9.97 Å². The molecule has 0 saturated carbocycles. The largest absolute Gasteiger partial charge is 0.481 e. The topological polar surface area (TPSA) is 66.3 Å². The highest BCUT2D eigenvalue weighted by molar-refractivity contribution is 5.76. The molecule has 0 radical (unpaired) electrons. The third-order valence-electron chi connectivity index (χ3n) is 3.43. The van der Waals surface area contributed by atoms with Crippen LogP contribution in [0, 0.1) is 5.41 Å². The van der Waals surface area contributed by atoms with Crippen LogP contribution in [-0.4, -0.2) is 34.1 Å². The lowest BCUT2D eigenvalue weighted by Gasteiger charge is -2.24. The van der Waals surface area contributed by atoms with E-state index in [0.717, 1.165) is 25.2 Å². The van der Waals surface area contributed by atoms with Crippen molar-refractivity contribution in [3.63, 3.8) is 0 Å². The number of hydrogen-bond acceptors (Lipinski definition) is 4. The number of carboxylic acid groups (broad SMARTS) is 1. The van der Waals surface area contributed by atoms with Crippen molar-refractivity contribution in [3.05, 3.63) is 18.6 Å². The summed E-state index contributed by atoms with van der Waals surface area (Å²) in [6.45, 7) is 3.33. The summed E-state index contributed by atoms with van der Waals surface area (Å²) in [6, 6.07) is 1.82. The molecule has 92 valence electrons. The van der Waals surface area contributed by atoms with Crippen LogP contribution in [0.2, 0.25) is 0 Å². The summed E-state index contributed by atoms with van der Waals surface area (Å²) in [7, 11) is 0. The Morgan fingerprint density at radius 2 is 2.47 bits per heavy atom. The highest BCUT2D eigenvalue weighted by atomic mass is 16.4. The average Bonchev–Trinajstić information content (AvgIpc) is 2.76. The van der Waals surface area contributed by atoms with Gasteiger partial charge in [0, 0.05) is 19.3 Å². The highest BCUT2D eigenvalue weighted by Gasteiger charge is 2.44. The average molecular weight is 235 g/mol. The van der Waals surface area contributed by atoms with E-state index in [-0.39, 0.29) is 0 Å². The third-order valence-corrected chi connectivity index (χ3v) is 3.43. The van der Waals surface area contributed by atoms with Gasteiger partial charge in [0.15, 0.2) is 0 Å². The van der Waals surface area contributed by atoms with Crippen LogP contribution < -0.4 is 4.90 Å². The summed E-state index contributed by atoms with van der Waals surface area (Å²) in [5.41, 5.74) is -0.598.